The molecule has 118 valence electrons. The quantitative estimate of drug-likeness (QED) is 0.622. The van der Waals surface area contributed by atoms with Crippen LogP contribution in [0.2, 0.25) is 0 Å². The number of pyridine rings is 1. The van der Waals surface area contributed by atoms with Crippen molar-refractivity contribution < 1.29 is 5.11 Å². The lowest BCUT2D eigenvalue weighted by atomic mass is 9.82. The molecule has 0 aliphatic carbocycles. The van der Waals surface area contributed by atoms with E-state index in [0.29, 0.717) is 0 Å². The van der Waals surface area contributed by atoms with Crippen LogP contribution in [-0.2, 0) is 5.60 Å². The Kier molecular flexibility index (Phi) is 3.44. The fourth-order valence-electron chi connectivity index (χ4n) is 3.35. The van der Waals surface area contributed by atoms with Crippen molar-refractivity contribution in [2.45, 2.75) is 12.5 Å². The van der Waals surface area contributed by atoms with Gasteiger partial charge in [0.15, 0.2) is 5.60 Å². The van der Waals surface area contributed by atoms with Crippen LogP contribution >= 0.6 is 0 Å². The minimum Gasteiger partial charge on any atom is -0.374 e. The van der Waals surface area contributed by atoms with Gasteiger partial charge in [0.1, 0.15) is 5.65 Å². The molecule has 4 rings (SSSR count). The third-order valence-corrected chi connectivity index (χ3v) is 4.43. The maximum Gasteiger partial charge on any atom is 0.157 e. The van der Waals surface area contributed by atoms with Crippen molar-refractivity contribution in [3.05, 3.63) is 108 Å². The van der Waals surface area contributed by atoms with Crippen LogP contribution < -0.4 is 0 Å². The number of hydrogen-bond donors (Lipinski definition) is 1. The van der Waals surface area contributed by atoms with Crippen LogP contribution in [0.25, 0.3) is 5.65 Å². The molecule has 24 heavy (non-hydrogen) atoms. The van der Waals surface area contributed by atoms with Crippen molar-refractivity contribution in [3.8, 4) is 0 Å². The smallest absolute Gasteiger partial charge is 0.157 e. The summed E-state index contributed by atoms with van der Waals surface area (Å²) in [6, 6.07) is 25.4. The fraction of sp³-hybridized carbons (Fsp3) is 0.0952. The average Bonchev–Trinajstić information content (AvgIpc) is 2.99. The van der Waals surface area contributed by atoms with Gasteiger partial charge in [-0.3, -0.25) is 0 Å². The summed E-state index contributed by atoms with van der Waals surface area (Å²) < 4.78 is 1.97. The molecule has 0 spiro atoms. The SMILES string of the molecule is Cc1nc2ccccn2c1C(O)(c1ccccc1)c1ccccc1. The van der Waals surface area contributed by atoms with Crippen LogP contribution in [0.1, 0.15) is 22.5 Å². The van der Waals surface area contributed by atoms with E-state index in [9.17, 15) is 5.11 Å². The molecule has 0 aliphatic rings. The van der Waals surface area contributed by atoms with Crippen LogP contribution in [0.15, 0.2) is 85.1 Å². The van der Waals surface area contributed by atoms with E-state index in [2.05, 4.69) is 4.98 Å². The molecule has 0 atom stereocenters. The summed E-state index contributed by atoms with van der Waals surface area (Å²) in [7, 11) is 0. The van der Waals surface area contributed by atoms with Gasteiger partial charge in [-0.2, -0.15) is 0 Å². The lowest BCUT2D eigenvalue weighted by Crippen LogP contribution is -2.31. The molecule has 3 nitrogen and oxygen atoms in total. The summed E-state index contributed by atoms with van der Waals surface area (Å²) >= 11 is 0. The monoisotopic (exact) mass is 314 g/mol. The van der Waals surface area contributed by atoms with Gasteiger partial charge in [-0.15, -0.1) is 0 Å². The van der Waals surface area contributed by atoms with E-state index < -0.39 is 5.60 Å². The van der Waals surface area contributed by atoms with E-state index >= 15 is 0 Å². The topological polar surface area (TPSA) is 37.5 Å². The highest BCUT2D eigenvalue weighted by Gasteiger charge is 2.38. The number of benzene rings is 2. The number of rotatable bonds is 3. The molecule has 0 amide bonds. The van der Waals surface area contributed by atoms with E-state index in [1.165, 1.54) is 0 Å². The summed E-state index contributed by atoms with van der Waals surface area (Å²) in [5.41, 5.74) is 2.80. The van der Waals surface area contributed by atoms with Crippen LogP contribution in [0.4, 0.5) is 0 Å². The summed E-state index contributed by atoms with van der Waals surface area (Å²) in [6.07, 6.45) is 1.95. The number of imidazole rings is 1. The Hall–Kier alpha value is -2.91. The van der Waals surface area contributed by atoms with Gasteiger partial charge in [0.2, 0.25) is 0 Å². The first-order chi connectivity index (χ1) is 11.7. The molecule has 0 fully saturated rings. The van der Waals surface area contributed by atoms with Crippen molar-refractivity contribution in [2.75, 3.05) is 0 Å². The molecular weight excluding hydrogens is 296 g/mol. The Labute approximate surface area is 140 Å². The van der Waals surface area contributed by atoms with Crippen molar-refractivity contribution in [2.24, 2.45) is 0 Å². The van der Waals surface area contributed by atoms with Gasteiger partial charge >= 0.3 is 0 Å². The van der Waals surface area contributed by atoms with Crippen LogP contribution in [0, 0.1) is 6.92 Å². The molecule has 2 aromatic heterocycles. The van der Waals surface area contributed by atoms with Crippen molar-refractivity contribution in [3.63, 3.8) is 0 Å². The molecule has 0 unspecified atom stereocenters. The van der Waals surface area contributed by atoms with E-state index in [1.807, 2.05) is 96.4 Å². The molecule has 0 aliphatic heterocycles. The van der Waals surface area contributed by atoms with Crippen LogP contribution in [0.5, 0.6) is 0 Å². The highest BCUT2D eigenvalue weighted by atomic mass is 16.3. The van der Waals surface area contributed by atoms with E-state index in [-0.39, 0.29) is 0 Å². The maximum atomic E-state index is 11.9. The summed E-state index contributed by atoms with van der Waals surface area (Å²) in [6.45, 7) is 1.94. The highest BCUT2D eigenvalue weighted by Crippen LogP contribution is 2.38. The van der Waals surface area contributed by atoms with Crippen molar-refractivity contribution >= 4 is 5.65 Å². The zero-order valence-corrected chi connectivity index (χ0v) is 13.4. The second-order valence-electron chi connectivity index (χ2n) is 5.92. The van der Waals surface area contributed by atoms with Gasteiger partial charge in [-0.25, -0.2) is 4.98 Å². The summed E-state index contributed by atoms with van der Waals surface area (Å²) in [5, 5.41) is 11.9. The first kappa shape index (κ1) is 14.7. The Balaban J connectivity index is 2.09. The summed E-state index contributed by atoms with van der Waals surface area (Å²) in [4.78, 5) is 4.63. The predicted molar refractivity (Wildman–Crippen MR) is 94.9 cm³/mol. The molecule has 1 N–H and O–H groups in total. The van der Waals surface area contributed by atoms with E-state index in [4.69, 9.17) is 0 Å². The Bertz CT molecular complexity index is 935. The van der Waals surface area contributed by atoms with Gasteiger partial charge in [0.25, 0.3) is 0 Å². The Morgan fingerprint density at radius 1 is 0.792 bits per heavy atom. The fourth-order valence-corrected chi connectivity index (χ4v) is 3.35. The lowest BCUT2D eigenvalue weighted by Gasteiger charge is -2.30. The molecule has 0 radical (unpaired) electrons. The van der Waals surface area contributed by atoms with Gasteiger partial charge in [0.05, 0.1) is 11.4 Å². The normalized spacial score (nSPS) is 11.8. The van der Waals surface area contributed by atoms with Crippen molar-refractivity contribution in [1.29, 1.82) is 0 Å². The van der Waals surface area contributed by atoms with E-state index in [0.717, 1.165) is 28.2 Å². The van der Waals surface area contributed by atoms with Gasteiger partial charge in [-0.1, -0.05) is 66.7 Å². The molecule has 2 heterocycles. The van der Waals surface area contributed by atoms with Gasteiger partial charge in [-0.05, 0) is 30.2 Å². The molecule has 0 saturated heterocycles. The van der Waals surface area contributed by atoms with Crippen LogP contribution in [-0.4, -0.2) is 14.5 Å². The Morgan fingerprint density at radius 3 is 1.92 bits per heavy atom. The minimum atomic E-state index is -1.27. The first-order valence-corrected chi connectivity index (χ1v) is 7.99. The molecule has 0 bridgehead atoms. The number of nitrogens with zero attached hydrogens (tertiary/aromatic N) is 2. The highest BCUT2D eigenvalue weighted by molar-refractivity contribution is 5.52. The summed E-state index contributed by atoms with van der Waals surface area (Å²) in [5.74, 6) is 0. The maximum absolute atomic E-state index is 11.9. The first-order valence-electron chi connectivity index (χ1n) is 7.99. The Morgan fingerprint density at radius 2 is 1.33 bits per heavy atom. The lowest BCUT2D eigenvalue weighted by molar-refractivity contribution is 0.119. The minimum absolute atomic E-state index is 0.774. The van der Waals surface area contributed by atoms with Crippen molar-refractivity contribution in [1.82, 2.24) is 9.38 Å². The standard InChI is InChI=1S/C21H18N2O/c1-16-20(23-15-9-8-14-19(23)22-16)21(24,17-10-4-2-5-11-17)18-12-6-3-7-13-18/h2-15,24H,1H3. The predicted octanol–water partition coefficient (Wildman–Crippen LogP) is 3.93. The zero-order chi connectivity index (χ0) is 16.6. The second-order valence-corrected chi connectivity index (χ2v) is 5.92. The molecular formula is C21H18N2O. The van der Waals surface area contributed by atoms with Gasteiger partial charge < -0.3 is 9.51 Å². The average molecular weight is 314 g/mol. The van der Waals surface area contributed by atoms with Gasteiger partial charge in [0, 0.05) is 6.20 Å². The number of aliphatic hydroxyl groups is 1. The molecule has 0 saturated carbocycles. The van der Waals surface area contributed by atoms with E-state index in [1.54, 1.807) is 0 Å². The number of fused-ring (bicyclic) bond motifs is 1. The molecule has 3 heteroatoms. The number of aromatic nitrogens is 2. The molecule has 4 aromatic rings. The zero-order valence-electron chi connectivity index (χ0n) is 13.4. The number of hydrogen-bond acceptors (Lipinski definition) is 2. The third-order valence-electron chi connectivity index (χ3n) is 4.43. The second kappa shape index (κ2) is 5.62. The van der Waals surface area contributed by atoms with Crippen LogP contribution in [0.3, 0.4) is 0 Å². The third kappa shape index (κ3) is 2.14. The molecule has 2 aromatic carbocycles. The largest absolute Gasteiger partial charge is 0.374 e. The number of aryl methyl sites for hydroxylation is 1.